The molecule has 0 saturated carbocycles. The van der Waals surface area contributed by atoms with Crippen LogP contribution in [0.3, 0.4) is 0 Å². The van der Waals surface area contributed by atoms with Crippen molar-refractivity contribution in [2.75, 3.05) is 6.54 Å². The van der Waals surface area contributed by atoms with Gasteiger partial charge in [0.1, 0.15) is 5.15 Å². The summed E-state index contributed by atoms with van der Waals surface area (Å²) in [6, 6.07) is 8.00. The second-order valence-corrected chi connectivity index (χ2v) is 4.69. The van der Waals surface area contributed by atoms with Gasteiger partial charge in [-0.15, -0.1) is 0 Å². The fourth-order valence-corrected chi connectivity index (χ4v) is 2.09. The van der Waals surface area contributed by atoms with Crippen molar-refractivity contribution < 1.29 is 14.7 Å². The molecule has 108 valence electrons. The molecule has 0 radical (unpaired) electrons. The fourth-order valence-electron chi connectivity index (χ4n) is 1.93. The van der Waals surface area contributed by atoms with E-state index >= 15 is 0 Å². The van der Waals surface area contributed by atoms with Crippen LogP contribution in [0.2, 0.25) is 5.15 Å². The number of amides is 1. The van der Waals surface area contributed by atoms with Crippen LogP contribution in [-0.4, -0.2) is 28.5 Å². The van der Waals surface area contributed by atoms with Crippen molar-refractivity contribution in [3.63, 3.8) is 0 Å². The Labute approximate surface area is 126 Å². The predicted molar refractivity (Wildman–Crippen MR) is 79.6 cm³/mol. The van der Waals surface area contributed by atoms with Crippen LogP contribution in [0.1, 0.15) is 27.6 Å². The standard InChI is InChI=1S/C15H13ClN2O3/c1-2-17-14(19)10-5-3-4-9(6-10)12-8-18-13(16)7-11(12)15(20)21/h3-8H,2H2,1H3,(H,17,19)(H,20,21). The molecule has 2 rings (SSSR count). The van der Waals surface area contributed by atoms with E-state index in [9.17, 15) is 14.7 Å². The number of hydrogen-bond acceptors (Lipinski definition) is 3. The number of halogens is 1. The average molecular weight is 305 g/mol. The van der Waals surface area contributed by atoms with Gasteiger partial charge in [-0.05, 0) is 30.7 Å². The van der Waals surface area contributed by atoms with Crippen LogP contribution >= 0.6 is 11.6 Å². The maximum Gasteiger partial charge on any atom is 0.336 e. The smallest absolute Gasteiger partial charge is 0.336 e. The molecule has 1 heterocycles. The lowest BCUT2D eigenvalue weighted by Gasteiger charge is -2.08. The Morgan fingerprint density at radius 2 is 2.10 bits per heavy atom. The molecule has 2 aromatic rings. The Hall–Kier alpha value is -2.40. The van der Waals surface area contributed by atoms with Gasteiger partial charge in [0.25, 0.3) is 5.91 Å². The van der Waals surface area contributed by atoms with Crippen LogP contribution in [0.5, 0.6) is 0 Å². The first-order valence-electron chi connectivity index (χ1n) is 6.30. The topological polar surface area (TPSA) is 79.3 Å². The normalized spacial score (nSPS) is 10.2. The van der Waals surface area contributed by atoms with E-state index in [-0.39, 0.29) is 16.6 Å². The highest BCUT2D eigenvalue weighted by Crippen LogP contribution is 2.25. The second-order valence-electron chi connectivity index (χ2n) is 4.30. The van der Waals surface area contributed by atoms with Crippen molar-refractivity contribution in [2.24, 2.45) is 0 Å². The number of carbonyl (C=O) groups is 2. The van der Waals surface area contributed by atoms with E-state index < -0.39 is 5.97 Å². The Morgan fingerprint density at radius 1 is 1.33 bits per heavy atom. The number of carboxylic acid groups (broad SMARTS) is 1. The summed E-state index contributed by atoms with van der Waals surface area (Å²) in [6.45, 7) is 2.35. The highest BCUT2D eigenvalue weighted by atomic mass is 35.5. The Kier molecular flexibility index (Phi) is 4.55. The van der Waals surface area contributed by atoms with E-state index in [2.05, 4.69) is 10.3 Å². The van der Waals surface area contributed by atoms with E-state index in [4.69, 9.17) is 11.6 Å². The summed E-state index contributed by atoms with van der Waals surface area (Å²) in [4.78, 5) is 27.1. The maximum atomic E-state index is 11.8. The first-order chi connectivity index (χ1) is 10.0. The fraction of sp³-hybridized carbons (Fsp3) is 0.133. The van der Waals surface area contributed by atoms with E-state index in [0.29, 0.717) is 23.2 Å². The molecule has 0 aliphatic rings. The van der Waals surface area contributed by atoms with Crippen LogP contribution in [0.25, 0.3) is 11.1 Å². The monoisotopic (exact) mass is 304 g/mol. The molecule has 0 spiro atoms. The number of nitrogens with one attached hydrogen (secondary N) is 1. The summed E-state index contributed by atoms with van der Waals surface area (Å²) in [7, 11) is 0. The van der Waals surface area contributed by atoms with E-state index in [1.165, 1.54) is 12.3 Å². The van der Waals surface area contributed by atoms with Crippen molar-refractivity contribution in [2.45, 2.75) is 6.92 Å². The minimum Gasteiger partial charge on any atom is -0.478 e. The minimum absolute atomic E-state index is 0.0445. The molecule has 1 amide bonds. The molecule has 21 heavy (non-hydrogen) atoms. The van der Waals surface area contributed by atoms with Crippen molar-refractivity contribution in [1.29, 1.82) is 0 Å². The molecule has 0 fully saturated rings. The number of aromatic carboxylic acids is 1. The number of hydrogen-bond donors (Lipinski definition) is 2. The summed E-state index contributed by atoms with van der Waals surface area (Å²) in [5, 5.41) is 12.1. The van der Waals surface area contributed by atoms with Crippen LogP contribution in [0, 0.1) is 0 Å². The van der Waals surface area contributed by atoms with Gasteiger partial charge in [-0.3, -0.25) is 4.79 Å². The van der Waals surface area contributed by atoms with Gasteiger partial charge < -0.3 is 10.4 Å². The number of carbonyl (C=O) groups excluding carboxylic acids is 1. The molecule has 1 aromatic heterocycles. The molecule has 0 unspecified atom stereocenters. The van der Waals surface area contributed by atoms with Crippen LogP contribution in [0.15, 0.2) is 36.5 Å². The van der Waals surface area contributed by atoms with Gasteiger partial charge in [0.05, 0.1) is 5.56 Å². The minimum atomic E-state index is -1.10. The summed E-state index contributed by atoms with van der Waals surface area (Å²) < 4.78 is 0. The lowest BCUT2D eigenvalue weighted by atomic mass is 10.00. The first kappa shape index (κ1) is 15.0. The summed E-state index contributed by atoms with van der Waals surface area (Å²) in [5.41, 5.74) is 1.52. The van der Waals surface area contributed by atoms with Gasteiger partial charge in [-0.25, -0.2) is 9.78 Å². The lowest BCUT2D eigenvalue weighted by Crippen LogP contribution is -2.22. The molecule has 0 atom stereocenters. The molecule has 0 aliphatic carbocycles. The molecule has 5 nitrogen and oxygen atoms in total. The number of rotatable bonds is 4. The quantitative estimate of drug-likeness (QED) is 0.851. The van der Waals surface area contributed by atoms with E-state index in [1.54, 1.807) is 24.3 Å². The molecule has 6 heteroatoms. The summed E-state index contributed by atoms with van der Waals surface area (Å²) >= 11 is 5.73. The van der Waals surface area contributed by atoms with Gasteiger partial charge >= 0.3 is 5.97 Å². The molecule has 0 aliphatic heterocycles. The third-order valence-corrected chi connectivity index (χ3v) is 3.08. The largest absolute Gasteiger partial charge is 0.478 e. The predicted octanol–water partition coefficient (Wildman–Crippen LogP) is 2.85. The number of carboxylic acids is 1. The van der Waals surface area contributed by atoms with Crippen LogP contribution in [-0.2, 0) is 0 Å². The molecule has 1 aromatic carbocycles. The number of aromatic nitrogens is 1. The first-order valence-corrected chi connectivity index (χ1v) is 6.68. The van der Waals surface area contributed by atoms with Gasteiger partial charge in [-0.2, -0.15) is 0 Å². The van der Waals surface area contributed by atoms with Gasteiger partial charge in [0.15, 0.2) is 0 Å². The van der Waals surface area contributed by atoms with Crippen molar-refractivity contribution in [3.8, 4) is 11.1 Å². The van der Waals surface area contributed by atoms with E-state index in [1.807, 2.05) is 6.92 Å². The molecule has 0 bridgehead atoms. The molecule has 0 saturated heterocycles. The van der Waals surface area contributed by atoms with Crippen LogP contribution in [0.4, 0.5) is 0 Å². The third kappa shape index (κ3) is 3.38. The lowest BCUT2D eigenvalue weighted by molar-refractivity contribution is 0.0697. The third-order valence-electron chi connectivity index (χ3n) is 2.87. The van der Waals surface area contributed by atoms with Crippen molar-refractivity contribution >= 4 is 23.5 Å². The zero-order chi connectivity index (χ0) is 15.4. The average Bonchev–Trinajstić information content (AvgIpc) is 2.47. The van der Waals surface area contributed by atoms with E-state index in [0.717, 1.165) is 0 Å². The molecular formula is C15H13ClN2O3. The van der Waals surface area contributed by atoms with Crippen molar-refractivity contribution in [1.82, 2.24) is 10.3 Å². The molecule has 2 N–H and O–H groups in total. The highest BCUT2D eigenvalue weighted by Gasteiger charge is 2.14. The van der Waals surface area contributed by atoms with Gasteiger partial charge in [-0.1, -0.05) is 23.7 Å². The van der Waals surface area contributed by atoms with Crippen LogP contribution < -0.4 is 5.32 Å². The Morgan fingerprint density at radius 3 is 2.76 bits per heavy atom. The molecular weight excluding hydrogens is 292 g/mol. The highest BCUT2D eigenvalue weighted by molar-refractivity contribution is 6.29. The zero-order valence-electron chi connectivity index (χ0n) is 11.3. The second kappa shape index (κ2) is 6.37. The van der Waals surface area contributed by atoms with Crippen molar-refractivity contribution in [3.05, 3.63) is 52.8 Å². The van der Waals surface area contributed by atoms with Gasteiger partial charge in [0.2, 0.25) is 0 Å². The Bertz CT molecular complexity index is 701. The maximum absolute atomic E-state index is 11.8. The van der Waals surface area contributed by atoms with Gasteiger partial charge in [0, 0.05) is 23.9 Å². The Balaban J connectivity index is 2.50. The number of nitrogens with zero attached hydrogens (tertiary/aromatic N) is 1. The number of pyridine rings is 1. The summed E-state index contributed by atoms with van der Waals surface area (Å²) in [5.74, 6) is -1.31. The summed E-state index contributed by atoms with van der Waals surface area (Å²) in [6.07, 6.45) is 1.39. The zero-order valence-corrected chi connectivity index (χ0v) is 12.0. The SMILES string of the molecule is CCNC(=O)c1cccc(-c2cnc(Cl)cc2C(=O)O)c1. The number of benzene rings is 1.